The predicted octanol–water partition coefficient (Wildman–Crippen LogP) is 4.29. The Morgan fingerprint density at radius 1 is 0.970 bits per heavy atom. The molecule has 4 rings (SSSR count). The van der Waals surface area contributed by atoms with Crippen molar-refractivity contribution in [3.05, 3.63) is 76.9 Å². The third-order valence-electron chi connectivity index (χ3n) is 5.43. The highest BCUT2D eigenvalue weighted by Crippen LogP contribution is 2.38. The maximum atomic E-state index is 13.2. The molecule has 0 aromatic heterocycles. The zero-order valence-electron chi connectivity index (χ0n) is 17.8. The van der Waals surface area contributed by atoms with Gasteiger partial charge in [0.25, 0.3) is 5.91 Å². The van der Waals surface area contributed by atoms with Gasteiger partial charge in [0.2, 0.25) is 0 Å². The molecule has 1 aliphatic rings. The summed E-state index contributed by atoms with van der Waals surface area (Å²) in [5.74, 6) is -0.944. The summed E-state index contributed by atoms with van der Waals surface area (Å²) in [5, 5.41) is 14.3. The van der Waals surface area contributed by atoms with Gasteiger partial charge in [-0.05, 0) is 57.6 Å². The summed E-state index contributed by atoms with van der Waals surface area (Å²) < 4.78 is 68.6. The maximum Gasteiger partial charge on any atom is 0.416 e. The van der Waals surface area contributed by atoms with Crippen molar-refractivity contribution >= 4 is 26.8 Å². The number of halogens is 3. The first-order valence-electron chi connectivity index (χ1n) is 9.88. The van der Waals surface area contributed by atoms with Crippen molar-refractivity contribution in [3.8, 4) is 0 Å². The molecule has 1 heterocycles. The van der Waals surface area contributed by atoms with E-state index in [2.05, 4.69) is 0 Å². The summed E-state index contributed by atoms with van der Waals surface area (Å²) in [4.78, 5) is 12.6. The number of carbonyl (C=O) groups excluding carboxylic acids is 1. The number of amides is 1. The fourth-order valence-electron chi connectivity index (χ4n) is 3.65. The Balaban J connectivity index is 1.76. The quantitative estimate of drug-likeness (QED) is 0.561. The van der Waals surface area contributed by atoms with Gasteiger partial charge in [0.05, 0.1) is 16.0 Å². The molecular formula is C23H19F3NO5S-. The van der Waals surface area contributed by atoms with Gasteiger partial charge in [-0.1, -0.05) is 45.0 Å². The van der Waals surface area contributed by atoms with Crippen molar-refractivity contribution in [1.82, 2.24) is 5.06 Å². The van der Waals surface area contributed by atoms with Crippen LogP contribution in [0.4, 0.5) is 13.2 Å². The number of nitrogens with zero attached hydrogens (tertiary/aromatic N) is 1. The molecule has 174 valence electrons. The molecule has 0 saturated carbocycles. The molecular weight excluding hydrogens is 459 g/mol. The minimum absolute atomic E-state index is 0.114. The summed E-state index contributed by atoms with van der Waals surface area (Å²) >= 11 is 0. The highest BCUT2D eigenvalue weighted by Gasteiger charge is 2.35. The number of rotatable bonds is 3. The van der Waals surface area contributed by atoms with Gasteiger partial charge in [-0.15, -0.1) is 4.28 Å². The van der Waals surface area contributed by atoms with E-state index in [4.69, 9.17) is 4.28 Å². The second-order valence-corrected chi connectivity index (χ2v) is 10.3. The monoisotopic (exact) mass is 478 g/mol. The van der Waals surface area contributed by atoms with Crippen molar-refractivity contribution in [2.45, 2.75) is 43.5 Å². The molecule has 0 fully saturated rings. The van der Waals surface area contributed by atoms with Crippen molar-refractivity contribution in [2.75, 3.05) is 0 Å². The maximum absolute atomic E-state index is 13.2. The Labute approximate surface area is 188 Å². The van der Waals surface area contributed by atoms with Crippen molar-refractivity contribution in [2.24, 2.45) is 0 Å². The van der Waals surface area contributed by atoms with E-state index in [-0.39, 0.29) is 21.6 Å². The first-order valence-corrected chi connectivity index (χ1v) is 11.3. The molecule has 1 aliphatic heterocycles. The Kier molecular flexibility index (Phi) is 5.31. The van der Waals surface area contributed by atoms with Crippen LogP contribution in [0.3, 0.4) is 0 Å². The predicted molar refractivity (Wildman–Crippen MR) is 111 cm³/mol. The van der Waals surface area contributed by atoms with E-state index in [1.54, 1.807) is 18.2 Å². The summed E-state index contributed by atoms with van der Waals surface area (Å²) in [6, 6.07) is 10.9. The minimum atomic E-state index is -4.76. The van der Waals surface area contributed by atoms with Gasteiger partial charge in [0.1, 0.15) is 0 Å². The summed E-state index contributed by atoms with van der Waals surface area (Å²) in [7, 11) is -4.76. The van der Waals surface area contributed by atoms with Crippen molar-refractivity contribution in [3.63, 3.8) is 0 Å². The van der Waals surface area contributed by atoms with Crippen molar-refractivity contribution < 1.29 is 35.8 Å². The lowest BCUT2D eigenvalue weighted by Crippen LogP contribution is -2.45. The number of hydroxylamine groups is 2. The molecule has 0 N–H and O–H groups in total. The SMILES string of the molecule is CC(C)(C)c1cc2c3c(cccc3c1)C([O-])N(OS(=O)(=O)c1ccc(C(F)(F)F)cc1)C2=O. The normalized spacial score (nSPS) is 17.0. The van der Waals surface area contributed by atoms with E-state index in [1.807, 2.05) is 26.8 Å². The molecule has 0 spiro atoms. The van der Waals surface area contributed by atoms with Crippen LogP contribution in [0.2, 0.25) is 0 Å². The van der Waals surface area contributed by atoms with E-state index in [0.29, 0.717) is 35.0 Å². The summed E-state index contributed by atoms with van der Waals surface area (Å²) in [6.45, 7) is 5.83. The molecule has 10 heteroatoms. The number of hydrogen-bond donors (Lipinski definition) is 0. The van der Waals surface area contributed by atoms with Gasteiger partial charge >= 0.3 is 16.3 Å². The molecule has 1 amide bonds. The summed E-state index contributed by atoms with van der Waals surface area (Å²) in [5.41, 5.74) is -0.321. The third-order valence-corrected chi connectivity index (χ3v) is 6.64. The van der Waals surface area contributed by atoms with E-state index >= 15 is 0 Å². The van der Waals surface area contributed by atoms with Gasteiger partial charge in [0, 0.05) is 6.23 Å². The second kappa shape index (κ2) is 7.54. The first-order chi connectivity index (χ1) is 15.2. The molecule has 0 saturated heterocycles. The number of benzene rings is 3. The largest absolute Gasteiger partial charge is 0.831 e. The first kappa shape index (κ1) is 23.2. The van der Waals surface area contributed by atoms with Crippen LogP contribution in [0, 0.1) is 0 Å². The van der Waals surface area contributed by atoms with E-state index in [9.17, 15) is 31.5 Å². The Bertz CT molecular complexity index is 1360. The molecule has 3 aromatic rings. The number of carbonyl (C=O) groups is 1. The zero-order chi connectivity index (χ0) is 24.3. The average Bonchev–Trinajstić information content (AvgIpc) is 2.73. The lowest BCUT2D eigenvalue weighted by Gasteiger charge is -2.39. The van der Waals surface area contributed by atoms with E-state index in [0.717, 1.165) is 5.56 Å². The molecule has 3 aromatic carbocycles. The van der Waals surface area contributed by atoms with Crippen molar-refractivity contribution in [1.29, 1.82) is 0 Å². The van der Waals surface area contributed by atoms with Gasteiger partial charge in [-0.2, -0.15) is 21.6 Å². The third kappa shape index (κ3) is 4.09. The van der Waals surface area contributed by atoms with Crippen LogP contribution in [0.5, 0.6) is 0 Å². The topological polar surface area (TPSA) is 86.7 Å². The Morgan fingerprint density at radius 3 is 2.18 bits per heavy atom. The van der Waals surface area contributed by atoms with Crippen LogP contribution in [-0.4, -0.2) is 19.4 Å². The van der Waals surface area contributed by atoms with E-state index < -0.39 is 38.9 Å². The molecule has 0 radical (unpaired) electrons. The van der Waals surface area contributed by atoms with Gasteiger partial charge in [-0.3, -0.25) is 4.79 Å². The fourth-order valence-corrected chi connectivity index (χ4v) is 4.56. The molecule has 1 unspecified atom stereocenters. The number of alkyl halides is 3. The number of hydrogen-bond acceptors (Lipinski definition) is 5. The van der Waals surface area contributed by atoms with Crippen LogP contribution in [-0.2, 0) is 26.0 Å². The van der Waals surface area contributed by atoms with Gasteiger partial charge < -0.3 is 5.11 Å². The van der Waals surface area contributed by atoms with Gasteiger partial charge in [0.15, 0.2) is 0 Å². The Morgan fingerprint density at radius 2 is 1.61 bits per heavy atom. The van der Waals surface area contributed by atoms with Crippen LogP contribution in [0.15, 0.2) is 59.5 Å². The highest BCUT2D eigenvalue weighted by atomic mass is 32.2. The molecule has 6 nitrogen and oxygen atoms in total. The smallest absolute Gasteiger partial charge is 0.416 e. The lowest BCUT2D eigenvalue weighted by molar-refractivity contribution is -0.482. The molecule has 0 aliphatic carbocycles. The average molecular weight is 478 g/mol. The summed E-state index contributed by atoms with van der Waals surface area (Å²) in [6.07, 6.45) is -6.64. The standard InChI is InChI=1S/C23H19F3NO5S/c1-22(2,3)15-11-13-5-4-6-17-19(13)18(12-15)21(29)27(20(17)28)32-33(30,31)16-9-7-14(8-10-16)23(24,25)26/h4-12,20H,1-3H3/q-1. The van der Waals surface area contributed by atoms with Crippen LogP contribution >= 0.6 is 0 Å². The second-order valence-electron chi connectivity index (χ2n) is 8.75. The molecule has 33 heavy (non-hydrogen) atoms. The van der Waals surface area contributed by atoms with Crippen LogP contribution < -0.4 is 5.11 Å². The molecule has 1 atom stereocenters. The Hall–Kier alpha value is -2.95. The lowest BCUT2D eigenvalue weighted by atomic mass is 9.82. The fraction of sp³-hybridized carbons (Fsp3) is 0.261. The molecule has 0 bridgehead atoms. The van der Waals surface area contributed by atoms with Gasteiger partial charge in [-0.25, -0.2) is 5.06 Å². The zero-order valence-corrected chi connectivity index (χ0v) is 18.6. The van der Waals surface area contributed by atoms with Crippen LogP contribution in [0.25, 0.3) is 10.8 Å². The highest BCUT2D eigenvalue weighted by molar-refractivity contribution is 7.86. The van der Waals surface area contributed by atoms with E-state index in [1.165, 1.54) is 6.07 Å². The van der Waals surface area contributed by atoms with Crippen LogP contribution in [0.1, 0.15) is 54.0 Å². The minimum Gasteiger partial charge on any atom is -0.831 e.